The number of esters is 1. The van der Waals surface area contributed by atoms with Crippen LogP contribution in [-0.4, -0.2) is 38.4 Å². The first kappa shape index (κ1) is 12.7. The Morgan fingerprint density at radius 1 is 1.44 bits per heavy atom. The monoisotopic (exact) mass is 251 g/mol. The number of carbonyl (C=O) groups is 1. The molecule has 1 aromatic rings. The SMILES string of the molecule is CCOC(=O)C1(Nc2ccccc2OC)COC1. The summed E-state index contributed by atoms with van der Waals surface area (Å²) in [6, 6.07) is 7.44. The van der Waals surface area contributed by atoms with Crippen LogP contribution in [0.15, 0.2) is 24.3 Å². The molecule has 0 aliphatic carbocycles. The molecular weight excluding hydrogens is 234 g/mol. The molecule has 2 rings (SSSR count). The molecule has 1 saturated heterocycles. The van der Waals surface area contributed by atoms with Crippen LogP contribution in [0.4, 0.5) is 5.69 Å². The first-order valence-electron chi connectivity index (χ1n) is 5.88. The van der Waals surface area contributed by atoms with Crippen molar-refractivity contribution in [1.29, 1.82) is 0 Å². The highest BCUT2D eigenvalue weighted by atomic mass is 16.6. The van der Waals surface area contributed by atoms with E-state index in [2.05, 4.69) is 5.32 Å². The van der Waals surface area contributed by atoms with Crippen molar-refractivity contribution in [2.24, 2.45) is 0 Å². The van der Waals surface area contributed by atoms with Crippen LogP contribution in [0.3, 0.4) is 0 Å². The molecule has 0 atom stereocenters. The molecule has 1 aromatic carbocycles. The van der Waals surface area contributed by atoms with Gasteiger partial charge in [-0.05, 0) is 19.1 Å². The maximum atomic E-state index is 11.9. The number of ether oxygens (including phenoxy) is 3. The van der Waals surface area contributed by atoms with Crippen LogP contribution in [0.5, 0.6) is 5.75 Å². The molecule has 0 spiro atoms. The Kier molecular flexibility index (Phi) is 3.72. The molecule has 5 heteroatoms. The normalized spacial score (nSPS) is 16.6. The molecule has 0 aromatic heterocycles. The van der Waals surface area contributed by atoms with Crippen molar-refractivity contribution in [3.8, 4) is 5.75 Å². The van der Waals surface area contributed by atoms with E-state index in [0.717, 1.165) is 5.69 Å². The van der Waals surface area contributed by atoms with Crippen LogP contribution >= 0.6 is 0 Å². The fourth-order valence-corrected chi connectivity index (χ4v) is 1.82. The van der Waals surface area contributed by atoms with Gasteiger partial charge in [-0.15, -0.1) is 0 Å². The smallest absolute Gasteiger partial charge is 0.336 e. The second-order valence-corrected chi connectivity index (χ2v) is 4.12. The van der Waals surface area contributed by atoms with Crippen molar-refractivity contribution < 1.29 is 19.0 Å². The van der Waals surface area contributed by atoms with Gasteiger partial charge < -0.3 is 19.5 Å². The molecule has 5 nitrogen and oxygen atoms in total. The fourth-order valence-electron chi connectivity index (χ4n) is 1.82. The Hall–Kier alpha value is -1.75. The average molecular weight is 251 g/mol. The lowest BCUT2D eigenvalue weighted by Crippen LogP contribution is -2.62. The standard InChI is InChI=1S/C13H17NO4/c1-3-18-12(15)13(8-17-9-13)14-10-6-4-5-7-11(10)16-2/h4-7,14H,3,8-9H2,1-2H3. The summed E-state index contributed by atoms with van der Waals surface area (Å²) in [5, 5.41) is 3.17. The summed E-state index contributed by atoms with van der Waals surface area (Å²) in [4.78, 5) is 11.9. The van der Waals surface area contributed by atoms with E-state index in [0.29, 0.717) is 25.6 Å². The lowest BCUT2D eigenvalue weighted by Gasteiger charge is -2.40. The molecule has 1 N–H and O–H groups in total. The van der Waals surface area contributed by atoms with Gasteiger partial charge in [-0.2, -0.15) is 0 Å². The summed E-state index contributed by atoms with van der Waals surface area (Å²) in [6.07, 6.45) is 0. The topological polar surface area (TPSA) is 56.8 Å². The van der Waals surface area contributed by atoms with Gasteiger partial charge in [-0.25, -0.2) is 4.79 Å². The number of methoxy groups -OCH3 is 1. The third-order valence-corrected chi connectivity index (χ3v) is 2.84. The first-order valence-corrected chi connectivity index (χ1v) is 5.88. The fraction of sp³-hybridized carbons (Fsp3) is 0.462. The molecule has 1 fully saturated rings. The Labute approximate surface area is 106 Å². The van der Waals surface area contributed by atoms with Gasteiger partial charge in [0.1, 0.15) is 5.75 Å². The number of carbonyl (C=O) groups excluding carboxylic acids is 1. The van der Waals surface area contributed by atoms with Crippen molar-refractivity contribution in [2.75, 3.05) is 32.2 Å². The Bertz CT molecular complexity index is 429. The van der Waals surface area contributed by atoms with Crippen molar-refractivity contribution in [3.63, 3.8) is 0 Å². The molecule has 18 heavy (non-hydrogen) atoms. The number of rotatable bonds is 5. The van der Waals surface area contributed by atoms with Crippen LogP contribution in [0, 0.1) is 0 Å². The molecule has 0 amide bonds. The van der Waals surface area contributed by atoms with Crippen LogP contribution < -0.4 is 10.1 Å². The zero-order valence-corrected chi connectivity index (χ0v) is 10.6. The van der Waals surface area contributed by atoms with Gasteiger partial charge in [0.2, 0.25) is 0 Å². The lowest BCUT2D eigenvalue weighted by molar-refractivity contribution is -0.164. The summed E-state index contributed by atoms with van der Waals surface area (Å²) in [5.41, 5.74) is -0.0265. The number of benzene rings is 1. The summed E-state index contributed by atoms with van der Waals surface area (Å²) in [5.74, 6) is 0.398. The molecular formula is C13H17NO4. The maximum absolute atomic E-state index is 11.9. The second-order valence-electron chi connectivity index (χ2n) is 4.12. The Balaban J connectivity index is 2.17. The molecule has 0 bridgehead atoms. The number of para-hydroxylation sites is 2. The summed E-state index contributed by atoms with van der Waals surface area (Å²) in [6.45, 7) is 2.76. The molecule has 1 heterocycles. The number of hydrogen-bond donors (Lipinski definition) is 1. The third-order valence-electron chi connectivity index (χ3n) is 2.84. The highest BCUT2D eigenvalue weighted by Gasteiger charge is 2.48. The Morgan fingerprint density at radius 2 is 2.17 bits per heavy atom. The summed E-state index contributed by atoms with van der Waals surface area (Å²) >= 11 is 0. The van der Waals surface area contributed by atoms with Gasteiger partial charge in [0, 0.05) is 0 Å². The quantitative estimate of drug-likeness (QED) is 0.802. The molecule has 0 radical (unpaired) electrons. The van der Waals surface area contributed by atoms with E-state index in [9.17, 15) is 4.79 Å². The maximum Gasteiger partial charge on any atom is 0.336 e. The van der Waals surface area contributed by atoms with Crippen LogP contribution in [0.1, 0.15) is 6.92 Å². The lowest BCUT2D eigenvalue weighted by atomic mass is 9.97. The van der Waals surface area contributed by atoms with Gasteiger partial charge in [0.25, 0.3) is 0 Å². The third kappa shape index (κ3) is 2.26. The van der Waals surface area contributed by atoms with Crippen LogP contribution in [0.25, 0.3) is 0 Å². The van der Waals surface area contributed by atoms with E-state index in [1.165, 1.54) is 0 Å². The molecule has 0 saturated carbocycles. The summed E-state index contributed by atoms with van der Waals surface area (Å²) in [7, 11) is 1.59. The highest BCUT2D eigenvalue weighted by Crippen LogP contribution is 2.30. The van der Waals surface area contributed by atoms with Crippen LogP contribution in [-0.2, 0) is 14.3 Å². The highest BCUT2D eigenvalue weighted by molar-refractivity contribution is 5.86. The minimum atomic E-state index is -0.787. The predicted molar refractivity (Wildman–Crippen MR) is 66.8 cm³/mol. The van der Waals surface area contributed by atoms with Gasteiger partial charge in [0.05, 0.1) is 32.6 Å². The second kappa shape index (κ2) is 5.27. The van der Waals surface area contributed by atoms with E-state index in [4.69, 9.17) is 14.2 Å². The van der Waals surface area contributed by atoms with E-state index >= 15 is 0 Å². The minimum absolute atomic E-state index is 0.290. The summed E-state index contributed by atoms with van der Waals surface area (Å²) < 4.78 is 15.5. The molecule has 0 unspecified atom stereocenters. The zero-order valence-electron chi connectivity index (χ0n) is 10.6. The van der Waals surface area contributed by atoms with Gasteiger partial charge in [-0.1, -0.05) is 12.1 Å². The first-order chi connectivity index (χ1) is 8.72. The molecule has 1 aliphatic heterocycles. The Morgan fingerprint density at radius 3 is 2.72 bits per heavy atom. The van der Waals surface area contributed by atoms with Crippen molar-refractivity contribution in [1.82, 2.24) is 0 Å². The number of anilines is 1. The average Bonchev–Trinajstić information content (AvgIpc) is 2.34. The van der Waals surface area contributed by atoms with Gasteiger partial charge >= 0.3 is 5.97 Å². The minimum Gasteiger partial charge on any atom is -0.495 e. The van der Waals surface area contributed by atoms with Crippen LogP contribution in [0.2, 0.25) is 0 Å². The molecule has 98 valence electrons. The van der Waals surface area contributed by atoms with E-state index < -0.39 is 5.54 Å². The van der Waals surface area contributed by atoms with Crippen molar-refractivity contribution in [2.45, 2.75) is 12.5 Å². The zero-order chi connectivity index (χ0) is 13.0. The number of nitrogens with one attached hydrogen (secondary N) is 1. The molecule has 1 aliphatic rings. The largest absolute Gasteiger partial charge is 0.495 e. The van der Waals surface area contributed by atoms with Crippen molar-refractivity contribution >= 4 is 11.7 Å². The van der Waals surface area contributed by atoms with Crippen molar-refractivity contribution in [3.05, 3.63) is 24.3 Å². The van der Waals surface area contributed by atoms with E-state index in [1.807, 2.05) is 24.3 Å². The van der Waals surface area contributed by atoms with E-state index in [1.54, 1.807) is 14.0 Å². The van der Waals surface area contributed by atoms with Gasteiger partial charge in [0.15, 0.2) is 5.54 Å². The van der Waals surface area contributed by atoms with Gasteiger partial charge in [-0.3, -0.25) is 0 Å². The van der Waals surface area contributed by atoms with E-state index in [-0.39, 0.29) is 5.97 Å². The predicted octanol–water partition coefficient (Wildman–Crippen LogP) is 1.44. The number of hydrogen-bond acceptors (Lipinski definition) is 5.